The lowest BCUT2D eigenvalue weighted by molar-refractivity contribution is -0.157. The summed E-state index contributed by atoms with van der Waals surface area (Å²) in [5.41, 5.74) is 6.60. The van der Waals surface area contributed by atoms with E-state index in [2.05, 4.69) is 16.0 Å². The molecule has 13 heteroatoms. The summed E-state index contributed by atoms with van der Waals surface area (Å²) in [4.78, 5) is 63.8. The lowest BCUT2D eigenvalue weighted by Crippen LogP contribution is -2.59. The van der Waals surface area contributed by atoms with Crippen molar-refractivity contribution in [1.29, 1.82) is 0 Å². The number of benzene rings is 1. The van der Waals surface area contributed by atoms with Crippen LogP contribution in [-0.2, 0) is 19.2 Å². The van der Waals surface area contributed by atoms with Gasteiger partial charge in [0, 0.05) is 6.54 Å². The minimum atomic E-state index is -1.23. The molecule has 1 aromatic rings. The molecule has 7 N–H and O–H groups in total. The third-order valence-corrected chi connectivity index (χ3v) is 8.59. The van der Waals surface area contributed by atoms with Crippen LogP contribution in [0.1, 0.15) is 44.2 Å². The maximum atomic E-state index is 13.5. The molecule has 4 rings (SSSR count). The maximum Gasteiger partial charge on any atom is 0.327 e. The zero-order valence-electron chi connectivity index (χ0n) is 21.3. The first-order valence-electron chi connectivity index (χ1n) is 12.5. The number of phenols is 1. The fourth-order valence-electron chi connectivity index (χ4n) is 5.03. The Balaban J connectivity index is 1.52. The van der Waals surface area contributed by atoms with Crippen molar-refractivity contribution < 1.29 is 34.2 Å². The van der Waals surface area contributed by atoms with Crippen LogP contribution in [0.15, 0.2) is 48.1 Å². The Morgan fingerprint density at radius 3 is 2.46 bits per heavy atom. The number of fused-ring (bicyclic) bond motifs is 1. The molecule has 2 saturated heterocycles. The van der Waals surface area contributed by atoms with Crippen LogP contribution in [-0.4, -0.2) is 73.6 Å². The summed E-state index contributed by atoms with van der Waals surface area (Å²) in [5, 5.41) is 27.1. The number of phenolic OH excluding ortho intramolecular Hbond substituents is 1. The smallest absolute Gasteiger partial charge is 0.327 e. The number of urea groups is 1. The molecule has 39 heavy (non-hydrogen) atoms. The first-order chi connectivity index (χ1) is 18.5. The summed E-state index contributed by atoms with van der Waals surface area (Å²) in [6.45, 7) is 1.59. The van der Waals surface area contributed by atoms with Crippen LogP contribution < -0.4 is 21.7 Å². The number of carboxylic acid groups (broad SMARTS) is 1. The average molecular weight is 558 g/mol. The van der Waals surface area contributed by atoms with Crippen molar-refractivity contribution >= 4 is 41.5 Å². The molecule has 5 atom stereocenters. The molecule has 208 valence electrons. The number of carbonyl (C=O) groups is 5. The molecule has 1 aliphatic carbocycles. The summed E-state index contributed by atoms with van der Waals surface area (Å²) < 4.78 is -1.00. The molecule has 0 radical (unpaired) electrons. The predicted octanol–water partition coefficient (Wildman–Crippen LogP) is 0.886. The highest BCUT2D eigenvalue weighted by molar-refractivity contribution is 8.01. The first kappa shape index (κ1) is 28.0. The second kappa shape index (κ2) is 11.4. The Bertz CT molecular complexity index is 1230. The zero-order chi connectivity index (χ0) is 28.3. The van der Waals surface area contributed by atoms with Gasteiger partial charge < -0.3 is 36.8 Å². The zero-order valence-corrected chi connectivity index (χ0v) is 22.1. The standard InChI is InChI=1S/C26H31N5O7S/c1-26(21(24(36)37)31-18(33)12-19(31)39-26)13-28-23(35)20(15-7-9-16(32)10-8-15)30-22(34)17(29-25(27)38)11-14-5-3-2-4-6-14/h2-3,6-10,17,19-21,32H,4-5,11-13H2,1H3,(H,28,35)(H,30,34)(H,36,37)(H3,27,29,38)/t17-,19-,20-,21+,26?/m1/s1. The second-order valence-electron chi connectivity index (χ2n) is 9.92. The molecular weight excluding hydrogens is 526 g/mol. The summed E-state index contributed by atoms with van der Waals surface area (Å²) in [6.07, 6.45) is 7.67. The van der Waals surface area contributed by atoms with Gasteiger partial charge in [0.05, 0.1) is 16.5 Å². The normalized spacial score (nSPS) is 25.0. The van der Waals surface area contributed by atoms with Crippen LogP contribution in [0.2, 0.25) is 0 Å². The number of carbonyl (C=O) groups excluding carboxylic acids is 4. The van der Waals surface area contributed by atoms with Gasteiger partial charge in [0.1, 0.15) is 23.9 Å². The average Bonchev–Trinajstić information content (AvgIpc) is 3.13. The number of aliphatic carboxylic acids is 1. The lowest BCUT2D eigenvalue weighted by atomic mass is 9.95. The van der Waals surface area contributed by atoms with Crippen LogP contribution in [0.4, 0.5) is 4.79 Å². The number of nitrogens with zero attached hydrogens (tertiary/aromatic N) is 1. The van der Waals surface area contributed by atoms with E-state index in [1.165, 1.54) is 40.9 Å². The highest BCUT2D eigenvalue weighted by Crippen LogP contribution is 2.50. The van der Waals surface area contributed by atoms with Crippen molar-refractivity contribution in [3.8, 4) is 5.75 Å². The van der Waals surface area contributed by atoms with E-state index in [1.807, 2.05) is 18.2 Å². The van der Waals surface area contributed by atoms with Gasteiger partial charge in [-0.2, -0.15) is 0 Å². The molecule has 0 saturated carbocycles. The quantitative estimate of drug-likeness (QED) is 0.180. The Morgan fingerprint density at radius 1 is 1.15 bits per heavy atom. The fourth-order valence-corrected chi connectivity index (χ4v) is 6.73. The predicted molar refractivity (Wildman–Crippen MR) is 142 cm³/mol. The maximum absolute atomic E-state index is 13.5. The van der Waals surface area contributed by atoms with Crippen LogP contribution in [0.5, 0.6) is 5.75 Å². The van der Waals surface area contributed by atoms with Crippen LogP contribution in [0.3, 0.4) is 0 Å². The van der Waals surface area contributed by atoms with E-state index in [0.29, 0.717) is 18.4 Å². The Morgan fingerprint density at radius 2 is 1.87 bits per heavy atom. The molecule has 12 nitrogen and oxygen atoms in total. The Kier molecular flexibility index (Phi) is 8.19. The summed E-state index contributed by atoms with van der Waals surface area (Å²) in [5.74, 6) is -2.72. The highest BCUT2D eigenvalue weighted by Gasteiger charge is 2.60. The van der Waals surface area contributed by atoms with E-state index in [4.69, 9.17) is 5.73 Å². The monoisotopic (exact) mass is 557 g/mol. The van der Waals surface area contributed by atoms with E-state index < -0.39 is 46.7 Å². The number of nitrogens with two attached hydrogens (primary N) is 1. The number of primary amides is 1. The van der Waals surface area contributed by atoms with Crippen molar-refractivity contribution in [1.82, 2.24) is 20.9 Å². The number of β-lactam (4-membered cyclic amide) rings is 1. The number of hydrogen-bond donors (Lipinski definition) is 6. The number of amides is 5. The molecule has 1 unspecified atom stereocenters. The molecule has 2 heterocycles. The minimum Gasteiger partial charge on any atom is -0.508 e. The van der Waals surface area contributed by atoms with Gasteiger partial charge >= 0.3 is 12.0 Å². The minimum absolute atomic E-state index is 0.0387. The SMILES string of the molecule is CC1(CNC(=O)[C@H](NC(=O)[C@@H](CC2=CCC=CC2)NC(N)=O)c2ccc(O)cc2)S[C@@H]2CC(=O)N2[C@H]1C(=O)O. The lowest BCUT2D eigenvalue weighted by Gasteiger charge is -2.37. The first-order valence-corrected chi connectivity index (χ1v) is 13.3. The third kappa shape index (κ3) is 6.19. The van der Waals surface area contributed by atoms with Gasteiger partial charge in [0.2, 0.25) is 17.7 Å². The van der Waals surface area contributed by atoms with Gasteiger partial charge in [0.15, 0.2) is 0 Å². The van der Waals surface area contributed by atoms with Crippen LogP contribution in [0, 0.1) is 0 Å². The molecular formula is C26H31N5O7S. The number of nitrogens with one attached hydrogen (secondary N) is 3. The van der Waals surface area contributed by atoms with Crippen molar-refractivity contribution in [2.75, 3.05) is 6.54 Å². The molecule has 5 amide bonds. The van der Waals surface area contributed by atoms with E-state index in [9.17, 15) is 34.2 Å². The van der Waals surface area contributed by atoms with Crippen LogP contribution >= 0.6 is 11.8 Å². The number of aromatic hydroxyl groups is 1. The van der Waals surface area contributed by atoms with Crippen molar-refractivity contribution in [3.63, 3.8) is 0 Å². The van der Waals surface area contributed by atoms with E-state index in [-0.39, 0.29) is 36.4 Å². The van der Waals surface area contributed by atoms with Crippen LogP contribution in [0.25, 0.3) is 0 Å². The second-order valence-corrected chi connectivity index (χ2v) is 11.6. The Hall–Kier alpha value is -4.00. The van der Waals surface area contributed by atoms with Gasteiger partial charge in [0.25, 0.3) is 0 Å². The molecule has 0 bridgehead atoms. The topological polar surface area (TPSA) is 191 Å². The van der Waals surface area contributed by atoms with Gasteiger partial charge in [-0.3, -0.25) is 14.4 Å². The molecule has 1 aromatic carbocycles. The number of thioether (sulfide) groups is 1. The van der Waals surface area contributed by atoms with E-state index in [0.717, 1.165) is 5.57 Å². The molecule has 2 fully saturated rings. The molecule has 2 aliphatic heterocycles. The van der Waals surface area contributed by atoms with E-state index >= 15 is 0 Å². The number of carboxylic acids is 1. The number of hydrogen-bond acceptors (Lipinski definition) is 7. The molecule has 3 aliphatic rings. The summed E-state index contributed by atoms with van der Waals surface area (Å²) >= 11 is 1.32. The Labute approximate surface area is 229 Å². The third-order valence-electron chi connectivity index (χ3n) is 7.02. The molecule has 0 aromatic heterocycles. The largest absolute Gasteiger partial charge is 0.508 e. The van der Waals surface area contributed by atoms with Gasteiger partial charge in [-0.25, -0.2) is 9.59 Å². The molecule has 0 spiro atoms. The van der Waals surface area contributed by atoms with Crippen molar-refractivity contribution in [3.05, 3.63) is 53.6 Å². The van der Waals surface area contributed by atoms with Crippen molar-refractivity contribution in [2.45, 2.75) is 60.9 Å². The number of allylic oxidation sites excluding steroid dienone is 3. The summed E-state index contributed by atoms with van der Waals surface area (Å²) in [7, 11) is 0. The summed E-state index contributed by atoms with van der Waals surface area (Å²) in [6, 6.07) is 1.41. The van der Waals surface area contributed by atoms with E-state index in [1.54, 1.807) is 6.92 Å². The van der Waals surface area contributed by atoms with Gasteiger partial charge in [-0.15, -0.1) is 11.8 Å². The fraction of sp³-hybridized carbons (Fsp3) is 0.423. The van der Waals surface area contributed by atoms with Gasteiger partial charge in [-0.05, 0) is 43.9 Å². The van der Waals surface area contributed by atoms with Gasteiger partial charge in [-0.1, -0.05) is 35.9 Å². The number of rotatable bonds is 10. The highest BCUT2D eigenvalue weighted by atomic mass is 32.2. The van der Waals surface area contributed by atoms with Crippen molar-refractivity contribution in [2.24, 2.45) is 5.73 Å².